The van der Waals surface area contributed by atoms with Crippen LogP contribution in [0.5, 0.6) is 5.75 Å². The Balaban J connectivity index is 1.71. The lowest BCUT2D eigenvalue weighted by Crippen LogP contribution is -2.52. The van der Waals surface area contributed by atoms with Gasteiger partial charge in [0.05, 0.1) is 18.8 Å². The zero-order valence-corrected chi connectivity index (χ0v) is 14.9. The van der Waals surface area contributed by atoms with Crippen LogP contribution in [0.3, 0.4) is 0 Å². The predicted octanol–water partition coefficient (Wildman–Crippen LogP) is -0.709. The Morgan fingerprint density at radius 3 is 2.82 bits per heavy atom. The molecule has 0 radical (unpaired) electrons. The molecule has 0 aliphatic carbocycles. The predicted molar refractivity (Wildman–Crippen MR) is 92.4 cm³/mol. The van der Waals surface area contributed by atoms with E-state index in [-0.39, 0.29) is 36.6 Å². The van der Waals surface area contributed by atoms with E-state index in [1.54, 1.807) is 0 Å². The number of aromatic amines is 1. The number of alkyl halides is 1. The number of hydrogen-bond donors (Lipinski definition) is 3. The molecule has 148 valence electrons. The van der Waals surface area contributed by atoms with Gasteiger partial charge in [-0.1, -0.05) is 0 Å². The first-order valence-corrected chi connectivity index (χ1v) is 8.27. The van der Waals surface area contributed by atoms with E-state index in [1.165, 1.54) is 30.3 Å². The number of ether oxygens (including phenoxy) is 1. The summed E-state index contributed by atoms with van der Waals surface area (Å²) in [5, 5.41) is 16.0. The number of amides is 3. The monoisotopic (exact) mass is 391 g/mol. The lowest BCUT2D eigenvalue weighted by molar-refractivity contribution is 0.0748. The molecule has 28 heavy (non-hydrogen) atoms. The molecule has 1 saturated heterocycles. The maximum atomic E-state index is 13.8. The Kier molecular flexibility index (Phi) is 5.20. The number of carbonyl (C=O) groups is 3. The van der Waals surface area contributed by atoms with E-state index in [2.05, 4.69) is 25.7 Å². The van der Waals surface area contributed by atoms with Gasteiger partial charge in [-0.05, 0) is 6.42 Å². The summed E-state index contributed by atoms with van der Waals surface area (Å²) in [4.78, 5) is 37.5. The van der Waals surface area contributed by atoms with Gasteiger partial charge in [0.2, 0.25) is 0 Å². The number of nitrogens with zero attached hydrogens (tertiary/aromatic N) is 4. The average molecular weight is 391 g/mol. The van der Waals surface area contributed by atoms with E-state index in [1.807, 2.05) is 0 Å². The highest BCUT2D eigenvalue weighted by molar-refractivity contribution is 5.97. The summed E-state index contributed by atoms with van der Waals surface area (Å²) >= 11 is 0. The molecule has 1 atom stereocenters. The normalized spacial score (nSPS) is 18.7. The molecule has 1 aliphatic heterocycles. The second kappa shape index (κ2) is 7.58. The topological polar surface area (TPSA) is 156 Å². The number of likely N-dealkylation sites (tertiary alicyclic amines) is 1. The van der Waals surface area contributed by atoms with Gasteiger partial charge < -0.3 is 20.7 Å². The molecule has 12 heteroatoms. The number of halogens is 1. The fraction of sp³-hybridized carbons (Fsp3) is 0.375. The van der Waals surface area contributed by atoms with Crippen molar-refractivity contribution < 1.29 is 23.5 Å². The van der Waals surface area contributed by atoms with E-state index in [4.69, 9.17) is 10.5 Å². The number of nitrogens with one attached hydrogen (secondary N) is 2. The number of primary amides is 1. The van der Waals surface area contributed by atoms with Gasteiger partial charge in [-0.25, -0.2) is 4.39 Å². The van der Waals surface area contributed by atoms with Crippen molar-refractivity contribution in [1.82, 2.24) is 30.6 Å². The highest BCUT2D eigenvalue weighted by Gasteiger charge is 2.42. The van der Waals surface area contributed by atoms with Crippen LogP contribution in [0.2, 0.25) is 0 Å². The second-order valence-electron chi connectivity index (χ2n) is 6.36. The number of methoxy groups -OCH3 is 1. The number of hydrogen-bond acceptors (Lipinski definition) is 7. The fourth-order valence-electron chi connectivity index (χ4n) is 2.89. The number of aromatic nitrogens is 4. The molecule has 3 heterocycles. The molecule has 0 aromatic carbocycles. The first-order valence-electron chi connectivity index (χ1n) is 8.27. The molecule has 4 N–H and O–H groups in total. The quantitative estimate of drug-likeness (QED) is 0.587. The number of H-pyrrole nitrogens is 1. The van der Waals surface area contributed by atoms with Crippen molar-refractivity contribution >= 4 is 17.7 Å². The van der Waals surface area contributed by atoms with Gasteiger partial charge in [0.25, 0.3) is 17.7 Å². The highest BCUT2D eigenvalue weighted by Crippen LogP contribution is 2.24. The lowest BCUT2D eigenvalue weighted by Gasteiger charge is -2.27. The van der Waals surface area contributed by atoms with Crippen LogP contribution >= 0.6 is 0 Å². The van der Waals surface area contributed by atoms with Gasteiger partial charge in [-0.15, -0.1) is 5.10 Å². The van der Waals surface area contributed by atoms with Crippen LogP contribution in [0.25, 0.3) is 0 Å². The van der Waals surface area contributed by atoms with Gasteiger partial charge in [0.15, 0.2) is 11.4 Å². The summed E-state index contributed by atoms with van der Waals surface area (Å²) in [5.41, 5.74) is 3.73. The molecular weight excluding hydrogens is 373 g/mol. The van der Waals surface area contributed by atoms with Crippen molar-refractivity contribution in [2.45, 2.75) is 12.0 Å². The van der Waals surface area contributed by atoms with E-state index in [9.17, 15) is 18.8 Å². The molecule has 1 aliphatic rings. The Hall–Kier alpha value is -3.57. The van der Waals surface area contributed by atoms with Crippen LogP contribution in [0, 0.1) is 0 Å². The minimum absolute atomic E-state index is 0.0370. The van der Waals surface area contributed by atoms with Crippen molar-refractivity contribution in [3.05, 3.63) is 35.4 Å². The largest absolute Gasteiger partial charge is 0.495 e. The van der Waals surface area contributed by atoms with Gasteiger partial charge in [-0.3, -0.25) is 19.5 Å². The number of rotatable bonds is 6. The van der Waals surface area contributed by atoms with Gasteiger partial charge in [0, 0.05) is 25.2 Å². The maximum absolute atomic E-state index is 13.8. The molecule has 1 fully saturated rings. The van der Waals surface area contributed by atoms with Crippen molar-refractivity contribution in [2.75, 3.05) is 26.9 Å². The summed E-state index contributed by atoms with van der Waals surface area (Å²) in [7, 11) is 1.43. The number of carbonyl (C=O) groups excluding carboxylic acids is 3. The van der Waals surface area contributed by atoms with Crippen molar-refractivity contribution in [3.63, 3.8) is 0 Å². The Morgan fingerprint density at radius 2 is 2.18 bits per heavy atom. The first-order chi connectivity index (χ1) is 13.4. The molecule has 2 aromatic heterocycles. The minimum atomic E-state index is -1.27. The van der Waals surface area contributed by atoms with Crippen molar-refractivity contribution in [1.29, 1.82) is 0 Å². The molecule has 11 nitrogen and oxygen atoms in total. The Bertz CT molecular complexity index is 918. The molecule has 3 rings (SSSR count). The van der Waals surface area contributed by atoms with Crippen LogP contribution in [0.1, 0.15) is 37.9 Å². The van der Waals surface area contributed by atoms with E-state index in [0.717, 1.165) is 0 Å². The average Bonchev–Trinajstić information content (AvgIpc) is 3.36. The van der Waals surface area contributed by atoms with Crippen molar-refractivity contribution in [2.24, 2.45) is 5.73 Å². The zero-order valence-electron chi connectivity index (χ0n) is 14.9. The third-order valence-corrected chi connectivity index (χ3v) is 4.43. The van der Waals surface area contributed by atoms with Gasteiger partial charge >= 0.3 is 0 Å². The summed E-state index contributed by atoms with van der Waals surface area (Å²) < 4.78 is 18.8. The Morgan fingerprint density at radius 1 is 1.39 bits per heavy atom. The zero-order chi connectivity index (χ0) is 20.3. The Labute approximate surface area is 158 Å². The number of nitrogens with two attached hydrogens (primary N) is 1. The summed E-state index contributed by atoms with van der Waals surface area (Å²) in [6.07, 6.45) is 1.56. The second-order valence-corrected chi connectivity index (χ2v) is 6.36. The summed E-state index contributed by atoms with van der Waals surface area (Å²) in [5.74, 6) is -1.54. The molecule has 3 amide bonds. The molecule has 0 bridgehead atoms. The molecule has 0 spiro atoms. The van der Waals surface area contributed by atoms with E-state index in [0.29, 0.717) is 5.75 Å². The molecule has 2 aromatic rings. The van der Waals surface area contributed by atoms with Crippen LogP contribution in [0.4, 0.5) is 4.39 Å². The minimum Gasteiger partial charge on any atom is -0.495 e. The first kappa shape index (κ1) is 19.2. The van der Waals surface area contributed by atoms with E-state index < -0.39 is 29.9 Å². The highest BCUT2D eigenvalue weighted by atomic mass is 19.1. The standard InChI is InChI=1S/C16H18FN7O4/c1-28-9-4-12(21-19-6-9)15(27)24-3-2-16(7-17,8-24)20-14(26)11-5-10(13(18)25)22-23-11/h4-6H,2-3,7-8H2,1H3,(H2,18,25)(H,20,26)(H,22,23). The summed E-state index contributed by atoms with van der Waals surface area (Å²) in [6.45, 7) is -0.718. The van der Waals surface area contributed by atoms with E-state index >= 15 is 0 Å². The lowest BCUT2D eigenvalue weighted by atomic mass is 10.0. The third kappa shape index (κ3) is 3.75. The van der Waals surface area contributed by atoms with Crippen LogP contribution < -0.4 is 15.8 Å². The SMILES string of the molecule is COc1cnnc(C(=O)N2CCC(CF)(NC(=O)c3cc(C(N)=O)n[nH]3)C2)c1. The third-order valence-electron chi connectivity index (χ3n) is 4.43. The fourth-order valence-corrected chi connectivity index (χ4v) is 2.89. The molecule has 0 saturated carbocycles. The molecule has 1 unspecified atom stereocenters. The van der Waals surface area contributed by atoms with Crippen molar-refractivity contribution in [3.8, 4) is 5.75 Å². The molecular formula is C16H18FN7O4. The summed E-state index contributed by atoms with van der Waals surface area (Å²) in [6, 6.07) is 2.60. The van der Waals surface area contributed by atoms with Crippen LogP contribution in [-0.2, 0) is 0 Å². The maximum Gasteiger partial charge on any atom is 0.274 e. The van der Waals surface area contributed by atoms with Crippen LogP contribution in [-0.4, -0.2) is 75.4 Å². The smallest absolute Gasteiger partial charge is 0.274 e. The van der Waals surface area contributed by atoms with Gasteiger partial charge in [-0.2, -0.15) is 10.2 Å². The van der Waals surface area contributed by atoms with Crippen LogP contribution in [0.15, 0.2) is 18.3 Å². The van der Waals surface area contributed by atoms with Gasteiger partial charge in [0.1, 0.15) is 18.1 Å².